The van der Waals surface area contributed by atoms with Crippen molar-refractivity contribution in [2.75, 3.05) is 0 Å². The van der Waals surface area contributed by atoms with Crippen molar-refractivity contribution in [1.82, 2.24) is 0 Å². The van der Waals surface area contributed by atoms with E-state index < -0.39 is 0 Å². The van der Waals surface area contributed by atoms with Gasteiger partial charge in [-0.15, -0.1) is 17.9 Å². The monoisotopic (exact) mass is 181 g/mol. The van der Waals surface area contributed by atoms with Crippen molar-refractivity contribution in [2.24, 2.45) is 5.73 Å². The third-order valence-corrected chi connectivity index (χ3v) is 2.83. The Morgan fingerprint density at radius 3 is 2.75 bits per heavy atom. The zero-order valence-electron chi connectivity index (χ0n) is 7.63. The van der Waals surface area contributed by atoms with Gasteiger partial charge in [0.2, 0.25) is 0 Å². The van der Waals surface area contributed by atoms with Crippen LogP contribution in [0.1, 0.15) is 29.1 Å². The summed E-state index contributed by atoms with van der Waals surface area (Å²) in [5.41, 5.74) is 7.11. The van der Waals surface area contributed by atoms with Crippen LogP contribution in [0.3, 0.4) is 0 Å². The molecule has 1 nitrogen and oxygen atoms in total. The second-order valence-corrected chi connectivity index (χ2v) is 4.54. The van der Waals surface area contributed by atoms with Crippen molar-refractivity contribution in [2.45, 2.75) is 26.3 Å². The molecule has 1 heterocycles. The summed E-state index contributed by atoms with van der Waals surface area (Å²) < 4.78 is 0. The maximum atomic E-state index is 5.96. The van der Waals surface area contributed by atoms with E-state index in [1.807, 2.05) is 6.92 Å². The largest absolute Gasteiger partial charge is 0.323 e. The third-order valence-electron chi connectivity index (χ3n) is 1.69. The van der Waals surface area contributed by atoms with Crippen LogP contribution in [0.15, 0.2) is 24.3 Å². The van der Waals surface area contributed by atoms with E-state index in [-0.39, 0.29) is 6.04 Å². The fourth-order valence-corrected chi connectivity index (χ4v) is 2.01. The minimum atomic E-state index is 0.140. The van der Waals surface area contributed by atoms with Crippen LogP contribution in [0.5, 0.6) is 0 Å². The van der Waals surface area contributed by atoms with Gasteiger partial charge in [0.15, 0.2) is 0 Å². The van der Waals surface area contributed by atoms with Gasteiger partial charge in [-0.25, -0.2) is 0 Å². The summed E-state index contributed by atoms with van der Waals surface area (Å²) in [4.78, 5) is 2.58. The van der Waals surface area contributed by atoms with E-state index in [1.54, 1.807) is 11.3 Å². The van der Waals surface area contributed by atoms with Gasteiger partial charge in [0, 0.05) is 15.8 Å². The molecule has 1 aromatic rings. The molecule has 0 radical (unpaired) electrons. The maximum Gasteiger partial charge on any atom is 0.0427 e. The fourth-order valence-electron chi connectivity index (χ4n) is 1.13. The molecule has 1 unspecified atom stereocenters. The standard InChI is InChI=1S/C10H15NS/c1-7(2)6-9(11)10-5-4-8(3)12-10/h4-5,9H,1,6,11H2,2-3H3. The van der Waals surface area contributed by atoms with E-state index >= 15 is 0 Å². The van der Waals surface area contributed by atoms with E-state index in [2.05, 4.69) is 25.6 Å². The van der Waals surface area contributed by atoms with Crippen LogP contribution in [0.4, 0.5) is 0 Å². The maximum absolute atomic E-state index is 5.96. The lowest BCUT2D eigenvalue weighted by atomic mass is 10.1. The highest BCUT2D eigenvalue weighted by Crippen LogP contribution is 2.24. The van der Waals surface area contributed by atoms with Gasteiger partial charge in [-0.05, 0) is 32.4 Å². The molecule has 0 saturated carbocycles. The van der Waals surface area contributed by atoms with Gasteiger partial charge in [-0.3, -0.25) is 0 Å². The van der Waals surface area contributed by atoms with Crippen molar-refractivity contribution >= 4 is 11.3 Å². The summed E-state index contributed by atoms with van der Waals surface area (Å²) in [6, 6.07) is 4.35. The highest BCUT2D eigenvalue weighted by molar-refractivity contribution is 7.12. The smallest absolute Gasteiger partial charge is 0.0427 e. The Labute approximate surface area is 77.9 Å². The first-order chi connectivity index (χ1) is 5.59. The number of thiophene rings is 1. The van der Waals surface area contributed by atoms with E-state index in [9.17, 15) is 0 Å². The first-order valence-electron chi connectivity index (χ1n) is 4.06. The molecule has 66 valence electrons. The molecule has 0 fully saturated rings. The third kappa shape index (κ3) is 2.47. The van der Waals surface area contributed by atoms with E-state index in [1.165, 1.54) is 9.75 Å². The molecule has 2 N–H and O–H groups in total. The molecule has 0 saturated heterocycles. The quantitative estimate of drug-likeness (QED) is 0.713. The molecule has 1 rings (SSSR count). The molecule has 0 aliphatic carbocycles. The first-order valence-corrected chi connectivity index (χ1v) is 4.87. The summed E-state index contributed by atoms with van der Waals surface area (Å²) in [7, 11) is 0. The average molecular weight is 181 g/mol. The first kappa shape index (κ1) is 9.49. The lowest BCUT2D eigenvalue weighted by Crippen LogP contribution is -2.08. The van der Waals surface area contributed by atoms with Gasteiger partial charge in [-0.1, -0.05) is 5.57 Å². The number of hydrogen-bond donors (Lipinski definition) is 1. The van der Waals surface area contributed by atoms with Gasteiger partial charge < -0.3 is 5.73 Å². The second-order valence-electron chi connectivity index (χ2n) is 3.22. The highest BCUT2D eigenvalue weighted by atomic mass is 32.1. The Kier molecular flexibility index (Phi) is 3.06. The Hall–Kier alpha value is -0.600. The van der Waals surface area contributed by atoms with Crippen molar-refractivity contribution < 1.29 is 0 Å². The summed E-state index contributed by atoms with van der Waals surface area (Å²) in [6.07, 6.45) is 0.889. The van der Waals surface area contributed by atoms with Gasteiger partial charge in [0.1, 0.15) is 0 Å². The average Bonchev–Trinajstić information content (AvgIpc) is 2.34. The number of aryl methyl sites for hydroxylation is 1. The van der Waals surface area contributed by atoms with Crippen LogP contribution in [0, 0.1) is 6.92 Å². The molecule has 0 aromatic carbocycles. The predicted octanol–water partition coefficient (Wildman–Crippen LogP) is 3.02. The van der Waals surface area contributed by atoms with Gasteiger partial charge in [0.05, 0.1) is 0 Å². The summed E-state index contributed by atoms with van der Waals surface area (Å²) in [6.45, 7) is 7.97. The van der Waals surface area contributed by atoms with Crippen molar-refractivity contribution in [1.29, 1.82) is 0 Å². The molecule has 0 bridgehead atoms. The summed E-state index contributed by atoms with van der Waals surface area (Å²) in [5.74, 6) is 0. The lowest BCUT2D eigenvalue weighted by molar-refractivity contribution is 0.731. The van der Waals surface area contributed by atoms with Crippen LogP contribution in [0.25, 0.3) is 0 Å². The minimum Gasteiger partial charge on any atom is -0.323 e. The number of hydrogen-bond acceptors (Lipinski definition) is 2. The molecular formula is C10H15NS. The van der Waals surface area contributed by atoms with Crippen LogP contribution in [0.2, 0.25) is 0 Å². The van der Waals surface area contributed by atoms with Crippen LogP contribution < -0.4 is 5.73 Å². The number of rotatable bonds is 3. The van der Waals surface area contributed by atoms with Crippen LogP contribution in [-0.4, -0.2) is 0 Å². The summed E-state index contributed by atoms with van der Waals surface area (Å²) >= 11 is 1.77. The fraction of sp³-hybridized carbons (Fsp3) is 0.400. The van der Waals surface area contributed by atoms with Crippen LogP contribution >= 0.6 is 11.3 Å². The SMILES string of the molecule is C=C(C)CC(N)c1ccc(C)s1. The van der Waals surface area contributed by atoms with Crippen molar-refractivity contribution in [3.63, 3.8) is 0 Å². The normalized spacial score (nSPS) is 12.9. The lowest BCUT2D eigenvalue weighted by Gasteiger charge is -2.07. The van der Waals surface area contributed by atoms with E-state index in [0.717, 1.165) is 12.0 Å². The number of nitrogens with two attached hydrogens (primary N) is 1. The molecular weight excluding hydrogens is 166 g/mol. The molecule has 0 amide bonds. The molecule has 0 spiro atoms. The minimum absolute atomic E-state index is 0.140. The summed E-state index contributed by atoms with van der Waals surface area (Å²) in [5, 5.41) is 0. The Bertz CT molecular complexity index is 275. The Morgan fingerprint density at radius 1 is 1.67 bits per heavy atom. The predicted molar refractivity (Wildman–Crippen MR) is 55.4 cm³/mol. The second kappa shape index (κ2) is 3.87. The molecule has 0 aliphatic heterocycles. The van der Waals surface area contributed by atoms with Gasteiger partial charge in [0.25, 0.3) is 0 Å². The zero-order valence-corrected chi connectivity index (χ0v) is 8.45. The zero-order chi connectivity index (χ0) is 9.14. The van der Waals surface area contributed by atoms with Crippen molar-refractivity contribution in [3.05, 3.63) is 34.0 Å². The van der Waals surface area contributed by atoms with Crippen LogP contribution in [-0.2, 0) is 0 Å². The van der Waals surface area contributed by atoms with Gasteiger partial charge in [-0.2, -0.15) is 0 Å². The topological polar surface area (TPSA) is 26.0 Å². The molecule has 0 aliphatic rings. The Morgan fingerprint density at radius 2 is 2.33 bits per heavy atom. The highest BCUT2D eigenvalue weighted by Gasteiger charge is 2.07. The molecule has 1 aromatic heterocycles. The van der Waals surface area contributed by atoms with E-state index in [4.69, 9.17) is 5.73 Å². The Balaban J connectivity index is 2.64. The van der Waals surface area contributed by atoms with Crippen molar-refractivity contribution in [3.8, 4) is 0 Å². The van der Waals surface area contributed by atoms with Gasteiger partial charge >= 0.3 is 0 Å². The van der Waals surface area contributed by atoms with E-state index in [0.29, 0.717) is 0 Å². The molecule has 12 heavy (non-hydrogen) atoms. The molecule has 1 atom stereocenters. The molecule has 2 heteroatoms.